The molecule has 0 aromatic heterocycles. The van der Waals surface area contributed by atoms with E-state index in [4.69, 9.17) is 4.74 Å². The molecule has 0 heterocycles. The van der Waals surface area contributed by atoms with E-state index in [-0.39, 0.29) is 5.54 Å². The third kappa shape index (κ3) is 7.87. The maximum absolute atomic E-state index is 12.7. The van der Waals surface area contributed by atoms with Crippen LogP contribution in [-0.2, 0) is 4.74 Å². The van der Waals surface area contributed by atoms with Gasteiger partial charge in [0.15, 0.2) is 0 Å². The Morgan fingerprint density at radius 1 is 1.17 bits per heavy atom. The number of hydrogen-bond donors (Lipinski definition) is 1. The lowest BCUT2D eigenvalue weighted by molar-refractivity contribution is -0.176. The molecule has 0 saturated carbocycles. The zero-order valence-corrected chi connectivity index (χ0v) is 11.4. The molecule has 0 aliphatic rings. The van der Waals surface area contributed by atoms with Crippen LogP contribution in [0.15, 0.2) is 0 Å². The summed E-state index contributed by atoms with van der Waals surface area (Å²) in [6.45, 7) is 6.83. The van der Waals surface area contributed by atoms with Gasteiger partial charge in [-0.05, 0) is 27.2 Å². The second-order valence-corrected chi connectivity index (χ2v) is 5.41. The van der Waals surface area contributed by atoms with E-state index in [2.05, 4.69) is 5.32 Å². The second-order valence-electron chi connectivity index (χ2n) is 5.41. The third-order valence-corrected chi connectivity index (χ3v) is 2.30. The van der Waals surface area contributed by atoms with Gasteiger partial charge in [-0.2, -0.15) is 8.78 Å². The van der Waals surface area contributed by atoms with Gasteiger partial charge in [-0.3, -0.25) is 0 Å². The minimum absolute atomic E-state index is 0.166. The Hall–Kier alpha value is -0.360. The molecule has 0 saturated heterocycles. The van der Waals surface area contributed by atoms with Crippen LogP contribution in [0.5, 0.6) is 0 Å². The number of nitrogens with one attached hydrogen (secondary N) is 1. The van der Waals surface area contributed by atoms with Gasteiger partial charge >= 0.3 is 12.3 Å². The van der Waals surface area contributed by atoms with Crippen molar-refractivity contribution in [2.75, 3.05) is 13.2 Å². The van der Waals surface area contributed by atoms with Crippen molar-refractivity contribution in [1.29, 1.82) is 0 Å². The van der Waals surface area contributed by atoms with Crippen LogP contribution >= 0.6 is 0 Å². The summed E-state index contributed by atoms with van der Waals surface area (Å²) in [5.74, 6) is -4.08. The Balaban J connectivity index is 4.20. The highest BCUT2D eigenvalue weighted by atomic mass is 19.3. The Labute approximate surface area is 106 Å². The molecule has 0 fully saturated rings. The summed E-state index contributed by atoms with van der Waals surface area (Å²) < 4.78 is 54.3. The van der Waals surface area contributed by atoms with Crippen molar-refractivity contribution in [3.63, 3.8) is 0 Å². The SMILES string of the molecule is CCCC(CNC(C)(C)C)OCC(F)(F)C(F)F. The highest BCUT2D eigenvalue weighted by molar-refractivity contribution is 4.75. The first-order valence-electron chi connectivity index (χ1n) is 6.11. The minimum Gasteiger partial charge on any atom is -0.370 e. The van der Waals surface area contributed by atoms with E-state index in [0.29, 0.717) is 13.0 Å². The first-order valence-corrected chi connectivity index (χ1v) is 6.11. The van der Waals surface area contributed by atoms with E-state index >= 15 is 0 Å². The van der Waals surface area contributed by atoms with Gasteiger partial charge in [0.05, 0.1) is 6.10 Å². The van der Waals surface area contributed by atoms with Gasteiger partial charge in [-0.25, -0.2) is 8.78 Å². The predicted molar refractivity (Wildman–Crippen MR) is 63.4 cm³/mol. The van der Waals surface area contributed by atoms with Gasteiger partial charge in [0, 0.05) is 12.1 Å². The summed E-state index contributed by atoms with van der Waals surface area (Å²) in [5, 5.41) is 3.11. The van der Waals surface area contributed by atoms with Crippen molar-refractivity contribution in [3.05, 3.63) is 0 Å². The molecule has 2 nitrogen and oxygen atoms in total. The van der Waals surface area contributed by atoms with Crippen LogP contribution in [0.4, 0.5) is 17.6 Å². The molecule has 0 bridgehead atoms. The van der Waals surface area contributed by atoms with Crippen molar-refractivity contribution in [2.24, 2.45) is 0 Å². The highest BCUT2D eigenvalue weighted by Gasteiger charge is 2.41. The molecule has 1 unspecified atom stereocenters. The highest BCUT2D eigenvalue weighted by Crippen LogP contribution is 2.23. The van der Waals surface area contributed by atoms with E-state index in [1.165, 1.54) is 0 Å². The van der Waals surface area contributed by atoms with Gasteiger partial charge < -0.3 is 10.1 Å². The molecular formula is C12H23F4NO. The average Bonchev–Trinajstić information content (AvgIpc) is 2.20. The lowest BCUT2D eigenvalue weighted by Crippen LogP contribution is -2.43. The predicted octanol–water partition coefficient (Wildman–Crippen LogP) is 3.46. The quantitative estimate of drug-likeness (QED) is 0.684. The smallest absolute Gasteiger partial charge is 0.330 e. The van der Waals surface area contributed by atoms with Crippen LogP contribution in [0.2, 0.25) is 0 Å². The number of ether oxygens (including phenoxy) is 1. The fourth-order valence-electron chi connectivity index (χ4n) is 1.28. The number of rotatable bonds is 8. The number of halogens is 4. The summed E-state index contributed by atoms with van der Waals surface area (Å²) in [7, 11) is 0. The van der Waals surface area contributed by atoms with Gasteiger partial charge in [-0.1, -0.05) is 13.3 Å². The molecule has 6 heteroatoms. The molecule has 1 N–H and O–H groups in total. The van der Waals surface area contributed by atoms with Crippen LogP contribution in [0.1, 0.15) is 40.5 Å². The van der Waals surface area contributed by atoms with Crippen molar-refractivity contribution >= 4 is 0 Å². The molecule has 0 radical (unpaired) electrons. The molecule has 0 aliphatic heterocycles. The van der Waals surface area contributed by atoms with Gasteiger partial charge in [0.25, 0.3) is 0 Å². The standard InChI is InChI=1S/C12H23F4NO/c1-5-6-9(7-17-11(2,3)4)18-8-12(15,16)10(13)14/h9-10,17H,5-8H2,1-4H3. The zero-order chi connectivity index (χ0) is 14.4. The fourth-order valence-corrected chi connectivity index (χ4v) is 1.28. The van der Waals surface area contributed by atoms with E-state index < -0.39 is 25.1 Å². The first-order chi connectivity index (χ1) is 8.08. The fraction of sp³-hybridized carbons (Fsp3) is 1.00. The van der Waals surface area contributed by atoms with E-state index in [1.54, 1.807) is 0 Å². The molecule has 0 spiro atoms. The second kappa shape index (κ2) is 7.28. The van der Waals surface area contributed by atoms with Crippen molar-refractivity contribution in [2.45, 2.75) is 64.5 Å². The molecule has 18 heavy (non-hydrogen) atoms. The maximum Gasteiger partial charge on any atom is 0.330 e. The summed E-state index contributed by atoms with van der Waals surface area (Å²) in [5.41, 5.74) is -0.166. The van der Waals surface area contributed by atoms with Crippen LogP contribution in [0.25, 0.3) is 0 Å². The number of alkyl halides is 4. The molecule has 0 aromatic rings. The summed E-state index contributed by atoms with van der Waals surface area (Å²) in [6, 6.07) is 0. The number of hydrogen-bond acceptors (Lipinski definition) is 2. The molecule has 0 amide bonds. The minimum atomic E-state index is -4.08. The molecule has 0 aromatic carbocycles. The molecule has 1 atom stereocenters. The lowest BCUT2D eigenvalue weighted by Gasteiger charge is -2.26. The van der Waals surface area contributed by atoms with Crippen LogP contribution in [-0.4, -0.2) is 37.1 Å². The largest absolute Gasteiger partial charge is 0.370 e. The Bertz CT molecular complexity index is 229. The van der Waals surface area contributed by atoms with E-state index in [9.17, 15) is 17.6 Å². The van der Waals surface area contributed by atoms with Crippen molar-refractivity contribution in [1.82, 2.24) is 5.32 Å². The van der Waals surface area contributed by atoms with Gasteiger partial charge in [-0.15, -0.1) is 0 Å². The van der Waals surface area contributed by atoms with Gasteiger partial charge in [0.1, 0.15) is 6.61 Å². The molecular weight excluding hydrogens is 250 g/mol. The van der Waals surface area contributed by atoms with Crippen LogP contribution in [0.3, 0.4) is 0 Å². The molecule has 0 aliphatic carbocycles. The monoisotopic (exact) mass is 273 g/mol. The van der Waals surface area contributed by atoms with Crippen LogP contribution < -0.4 is 5.32 Å². The van der Waals surface area contributed by atoms with Gasteiger partial charge in [0.2, 0.25) is 0 Å². The van der Waals surface area contributed by atoms with Crippen molar-refractivity contribution < 1.29 is 22.3 Å². The lowest BCUT2D eigenvalue weighted by atomic mass is 10.1. The van der Waals surface area contributed by atoms with E-state index in [0.717, 1.165) is 6.42 Å². The summed E-state index contributed by atoms with van der Waals surface area (Å²) in [6.07, 6.45) is -2.85. The molecule has 110 valence electrons. The third-order valence-electron chi connectivity index (χ3n) is 2.30. The Morgan fingerprint density at radius 2 is 1.72 bits per heavy atom. The molecule has 0 rings (SSSR count). The topological polar surface area (TPSA) is 21.3 Å². The summed E-state index contributed by atoms with van der Waals surface area (Å²) in [4.78, 5) is 0. The maximum atomic E-state index is 12.7. The zero-order valence-electron chi connectivity index (χ0n) is 11.4. The average molecular weight is 273 g/mol. The van der Waals surface area contributed by atoms with Crippen LogP contribution in [0, 0.1) is 0 Å². The van der Waals surface area contributed by atoms with Crippen molar-refractivity contribution in [3.8, 4) is 0 Å². The van der Waals surface area contributed by atoms with E-state index in [1.807, 2.05) is 27.7 Å². The normalized spacial score (nSPS) is 15.2. The summed E-state index contributed by atoms with van der Waals surface area (Å²) >= 11 is 0. The first kappa shape index (κ1) is 17.6. The Kier molecular flexibility index (Phi) is 7.14. The Morgan fingerprint density at radius 3 is 2.11 bits per heavy atom.